The van der Waals surface area contributed by atoms with Gasteiger partial charge in [-0.2, -0.15) is 0 Å². The highest BCUT2D eigenvalue weighted by atomic mass is 32.1. The highest BCUT2D eigenvalue weighted by molar-refractivity contribution is 7.17. The van der Waals surface area contributed by atoms with E-state index in [-0.39, 0.29) is 6.04 Å². The van der Waals surface area contributed by atoms with Crippen LogP contribution >= 0.6 is 22.7 Å². The maximum Gasteiger partial charge on any atom is 0.115 e. The molecule has 20 heavy (non-hydrogen) atoms. The van der Waals surface area contributed by atoms with Crippen LogP contribution in [0, 0.1) is 13.8 Å². The Morgan fingerprint density at radius 3 is 2.75 bits per heavy atom. The van der Waals surface area contributed by atoms with Crippen LogP contribution in [0.4, 0.5) is 0 Å². The van der Waals surface area contributed by atoms with Crippen LogP contribution < -0.4 is 5.32 Å². The SMILES string of the molecule is CCNC(c1nc(C)c(C)s1)c1csc2ccccc12. The number of thiophene rings is 1. The van der Waals surface area contributed by atoms with Crippen LogP contribution in [-0.2, 0) is 0 Å². The van der Waals surface area contributed by atoms with Crippen molar-refractivity contribution in [3.63, 3.8) is 0 Å². The molecule has 3 aromatic rings. The van der Waals surface area contributed by atoms with Gasteiger partial charge >= 0.3 is 0 Å². The lowest BCUT2D eigenvalue weighted by atomic mass is 10.1. The summed E-state index contributed by atoms with van der Waals surface area (Å²) in [5.41, 5.74) is 2.49. The van der Waals surface area contributed by atoms with Gasteiger partial charge in [-0.15, -0.1) is 22.7 Å². The molecule has 1 aromatic carbocycles. The molecule has 0 amide bonds. The first kappa shape index (κ1) is 13.7. The van der Waals surface area contributed by atoms with Crippen molar-refractivity contribution in [1.82, 2.24) is 10.3 Å². The number of aryl methyl sites for hydroxylation is 2. The molecular formula is C16H18N2S2. The van der Waals surface area contributed by atoms with E-state index in [0.29, 0.717) is 0 Å². The molecule has 0 aliphatic rings. The zero-order valence-electron chi connectivity index (χ0n) is 11.9. The summed E-state index contributed by atoms with van der Waals surface area (Å²) in [4.78, 5) is 6.06. The second-order valence-electron chi connectivity index (χ2n) is 4.87. The van der Waals surface area contributed by atoms with Crippen LogP contribution in [0.5, 0.6) is 0 Å². The molecule has 3 rings (SSSR count). The molecule has 1 atom stereocenters. The third kappa shape index (κ3) is 2.39. The van der Waals surface area contributed by atoms with Crippen molar-refractivity contribution < 1.29 is 0 Å². The topological polar surface area (TPSA) is 24.9 Å². The quantitative estimate of drug-likeness (QED) is 0.757. The molecule has 0 aliphatic heterocycles. The van der Waals surface area contributed by atoms with E-state index in [9.17, 15) is 0 Å². The molecule has 0 bridgehead atoms. The number of thiazole rings is 1. The van der Waals surface area contributed by atoms with Gasteiger partial charge < -0.3 is 5.32 Å². The Kier molecular flexibility index (Phi) is 3.87. The van der Waals surface area contributed by atoms with Crippen LogP contribution in [0.25, 0.3) is 10.1 Å². The average Bonchev–Trinajstić information content (AvgIpc) is 3.01. The normalized spacial score (nSPS) is 12.9. The molecule has 2 heterocycles. The largest absolute Gasteiger partial charge is 0.304 e. The lowest BCUT2D eigenvalue weighted by Gasteiger charge is -2.15. The average molecular weight is 302 g/mol. The number of nitrogens with zero attached hydrogens (tertiary/aromatic N) is 1. The van der Waals surface area contributed by atoms with Crippen molar-refractivity contribution in [3.8, 4) is 0 Å². The molecule has 0 aliphatic carbocycles. The van der Waals surface area contributed by atoms with Crippen LogP contribution in [0.15, 0.2) is 29.6 Å². The maximum atomic E-state index is 4.75. The highest BCUT2D eigenvalue weighted by Gasteiger charge is 2.20. The van der Waals surface area contributed by atoms with Gasteiger partial charge in [-0.1, -0.05) is 25.1 Å². The van der Waals surface area contributed by atoms with Crippen molar-refractivity contribution in [3.05, 3.63) is 50.8 Å². The number of hydrogen-bond donors (Lipinski definition) is 1. The first-order valence-electron chi connectivity index (χ1n) is 6.84. The molecule has 104 valence electrons. The van der Waals surface area contributed by atoms with Crippen LogP contribution in [-0.4, -0.2) is 11.5 Å². The first-order chi connectivity index (χ1) is 9.70. The maximum absolute atomic E-state index is 4.75. The monoisotopic (exact) mass is 302 g/mol. The van der Waals surface area contributed by atoms with Gasteiger partial charge in [0.15, 0.2) is 0 Å². The fourth-order valence-electron chi connectivity index (χ4n) is 2.38. The Bertz CT molecular complexity index is 707. The van der Waals surface area contributed by atoms with E-state index in [1.807, 2.05) is 11.3 Å². The molecule has 0 radical (unpaired) electrons. The summed E-state index contributed by atoms with van der Waals surface area (Å²) in [5, 5.41) is 8.37. The van der Waals surface area contributed by atoms with E-state index in [1.165, 1.54) is 25.5 Å². The Morgan fingerprint density at radius 1 is 1.25 bits per heavy atom. The zero-order chi connectivity index (χ0) is 14.1. The first-order valence-corrected chi connectivity index (χ1v) is 8.53. The second kappa shape index (κ2) is 5.64. The van der Waals surface area contributed by atoms with Crippen molar-refractivity contribution in [1.29, 1.82) is 0 Å². The summed E-state index contributed by atoms with van der Waals surface area (Å²) in [6.07, 6.45) is 0. The zero-order valence-corrected chi connectivity index (χ0v) is 13.6. The van der Waals surface area contributed by atoms with Gasteiger partial charge in [0.05, 0.1) is 11.7 Å². The Balaban J connectivity index is 2.10. The molecular weight excluding hydrogens is 284 g/mol. The minimum Gasteiger partial charge on any atom is -0.304 e. The summed E-state index contributed by atoms with van der Waals surface area (Å²) in [6, 6.07) is 8.81. The second-order valence-corrected chi connectivity index (χ2v) is 7.02. The van der Waals surface area contributed by atoms with E-state index < -0.39 is 0 Å². The van der Waals surface area contributed by atoms with Crippen LogP contribution in [0.1, 0.15) is 34.1 Å². The molecule has 2 nitrogen and oxygen atoms in total. The van der Waals surface area contributed by atoms with Crippen LogP contribution in [0.3, 0.4) is 0 Å². The summed E-state index contributed by atoms with van der Waals surface area (Å²) in [5.74, 6) is 0. The fourth-order valence-corrected chi connectivity index (χ4v) is 4.38. The van der Waals surface area contributed by atoms with Crippen LogP contribution in [0.2, 0.25) is 0 Å². The van der Waals surface area contributed by atoms with Crippen molar-refractivity contribution >= 4 is 32.8 Å². The van der Waals surface area contributed by atoms with Gasteiger partial charge in [0.2, 0.25) is 0 Å². The van der Waals surface area contributed by atoms with Crippen molar-refractivity contribution in [2.45, 2.75) is 26.8 Å². The van der Waals surface area contributed by atoms with Gasteiger partial charge in [-0.3, -0.25) is 0 Å². The number of rotatable bonds is 4. The van der Waals surface area contributed by atoms with Gasteiger partial charge in [-0.25, -0.2) is 4.98 Å². The van der Waals surface area contributed by atoms with Gasteiger partial charge in [0.25, 0.3) is 0 Å². The predicted octanol–water partition coefficient (Wildman–Crippen LogP) is 4.67. The Labute approximate surface area is 127 Å². The van der Waals surface area contributed by atoms with E-state index >= 15 is 0 Å². The molecule has 0 saturated heterocycles. The number of fused-ring (bicyclic) bond motifs is 1. The third-order valence-corrected chi connectivity index (χ3v) is 5.64. The molecule has 1 unspecified atom stereocenters. The minimum absolute atomic E-state index is 0.202. The van der Waals surface area contributed by atoms with Gasteiger partial charge in [-0.05, 0) is 42.8 Å². The number of hydrogen-bond acceptors (Lipinski definition) is 4. The summed E-state index contributed by atoms with van der Waals surface area (Å²) in [6.45, 7) is 7.32. The van der Waals surface area contributed by atoms with Crippen molar-refractivity contribution in [2.24, 2.45) is 0 Å². The van der Waals surface area contributed by atoms with E-state index in [4.69, 9.17) is 4.98 Å². The molecule has 4 heteroatoms. The number of benzene rings is 1. The number of aromatic nitrogens is 1. The van der Waals surface area contributed by atoms with Gasteiger partial charge in [0, 0.05) is 9.58 Å². The molecule has 0 fully saturated rings. The van der Waals surface area contributed by atoms with Crippen molar-refractivity contribution in [2.75, 3.05) is 6.54 Å². The summed E-state index contributed by atoms with van der Waals surface area (Å²) < 4.78 is 1.34. The Morgan fingerprint density at radius 2 is 2.05 bits per heavy atom. The Hall–Kier alpha value is -1.23. The highest BCUT2D eigenvalue weighted by Crippen LogP contribution is 2.35. The third-order valence-electron chi connectivity index (χ3n) is 3.52. The molecule has 0 spiro atoms. The smallest absolute Gasteiger partial charge is 0.115 e. The molecule has 0 saturated carbocycles. The lowest BCUT2D eigenvalue weighted by Crippen LogP contribution is -2.21. The van der Waals surface area contributed by atoms with Gasteiger partial charge in [0.1, 0.15) is 5.01 Å². The minimum atomic E-state index is 0.202. The molecule has 2 aromatic heterocycles. The predicted molar refractivity (Wildman–Crippen MR) is 88.9 cm³/mol. The van der Waals surface area contributed by atoms with E-state index in [2.05, 4.69) is 55.7 Å². The summed E-state index contributed by atoms with van der Waals surface area (Å²) in [7, 11) is 0. The summed E-state index contributed by atoms with van der Waals surface area (Å²) >= 11 is 3.61. The fraction of sp³-hybridized carbons (Fsp3) is 0.312. The molecule has 1 N–H and O–H groups in total. The lowest BCUT2D eigenvalue weighted by molar-refractivity contribution is 0.631. The van der Waals surface area contributed by atoms with E-state index in [0.717, 1.165) is 12.2 Å². The number of nitrogens with one attached hydrogen (secondary N) is 1. The standard InChI is InChI=1S/C16H18N2S2/c1-4-17-15(16-18-10(2)11(3)20-16)13-9-19-14-8-6-5-7-12(13)14/h5-9,15,17H,4H2,1-3H3. The van der Waals surface area contributed by atoms with E-state index in [1.54, 1.807) is 11.3 Å².